The first-order valence-corrected chi connectivity index (χ1v) is 9.50. The third kappa shape index (κ3) is 4.69. The summed E-state index contributed by atoms with van der Waals surface area (Å²) >= 11 is 0. The van der Waals surface area contributed by atoms with Gasteiger partial charge in [0.2, 0.25) is 10.0 Å². The van der Waals surface area contributed by atoms with Gasteiger partial charge in [-0.05, 0) is 37.7 Å². The zero-order valence-electron chi connectivity index (χ0n) is 13.4. The van der Waals surface area contributed by atoms with Crippen LogP contribution in [0.5, 0.6) is 0 Å². The van der Waals surface area contributed by atoms with Gasteiger partial charge in [0.05, 0.1) is 12.3 Å². The molecule has 1 aromatic heterocycles. The Morgan fingerprint density at radius 1 is 1.26 bits per heavy atom. The first-order valence-electron chi connectivity index (χ1n) is 7.61. The van der Waals surface area contributed by atoms with Crippen LogP contribution in [0.2, 0.25) is 0 Å². The van der Waals surface area contributed by atoms with E-state index in [1.165, 1.54) is 4.68 Å². The molecule has 0 atom stereocenters. The lowest BCUT2D eigenvalue weighted by Crippen LogP contribution is -2.37. The van der Waals surface area contributed by atoms with Gasteiger partial charge >= 0.3 is 6.18 Å². The molecule has 1 saturated carbocycles. The monoisotopic (exact) mass is 353 g/mol. The second-order valence-electron chi connectivity index (χ2n) is 6.45. The molecule has 9 heteroatoms. The summed E-state index contributed by atoms with van der Waals surface area (Å²) in [6, 6.07) is 0.841. The highest BCUT2D eigenvalue weighted by atomic mass is 32.2. The molecule has 0 unspecified atom stereocenters. The normalized spacial score (nSPS) is 23.4. The standard InChI is InChI=1S/C14H22F3N3O2S/c1-9(2)12-8-13(14(15,16)17)18-20(12)11-6-4-10(5-7-11)19-23(3,21)22/h8-11,19H,4-7H2,1-3H3. The molecule has 1 N–H and O–H groups in total. The Morgan fingerprint density at radius 3 is 2.26 bits per heavy atom. The average molecular weight is 353 g/mol. The Morgan fingerprint density at radius 2 is 1.83 bits per heavy atom. The summed E-state index contributed by atoms with van der Waals surface area (Å²) in [4.78, 5) is 0. The van der Waals surface area contributed by atoms with E-state index in [2.05, 4.69) is 9.82 Å². The Kier molecular flexibility index (Phi) is 5.10. The smallest absolute Gasteiger partial charge is 0.266 e. The van der Waals surface area contributed by atoms with E-state index in [-0.39, 0.29) is 18.0 Å². The number of nitrogens with zero attached hydrogens (tertiary/aromatic N) is 2. The lowest BCUT2D eigenvalue weighted by molar-refractivity contribution is -0.141. The molecular weight excluding hydrogens is 331 g/mol. The topological polar surface area (TPSA) is 64.0 Å². The fraction of sp³-hybridized carbons (Fsp3) is 0.786. The Hall–Kier alpha value is -1.09. The van der Waals surface area contributed by atoms with E-state index in [0.717, 1.165) is 12.3 Å². The summed E-state index contributed by atoms with van der Waals surface area (Å²) in [6.45, 7) is 3.68. The summed E-state index contributed by atoms with van der Waals surface area (Å²) in [7, 11) is -3.26. The van der Waals surface area contributed by atoms with Crippen molar-refractivity contribution in [1.29, 1.82) is 0 Å². The van der Waals surface area contributed by atoms with Crippen molar-refractivity contribution in [2.75, 3.05) is 6.26 Å². The van der Waals surface area contributed by atoms with Gasteiger partial charge < -0.3 is 0 Å². The fourth-order valence-corrected chi connectivity index (χ4v) is 3.85. The van der Waals surface area contributed by atoms with Crippen LogP contribution in [0.15, 0.2) is 6.07 Å². The molecule has 0 amide bonds. The number of nitrogens with one attached hydrogen (secondary N) is 1. The number of sulfonamides is 1. The minimum atomic E-state index is -4.45. The third-order valence-corrected chi connectivity index (χ3v) is 4.83. The molecule has 0 aliphatic heterocycles. The summed E-state index contributed by atoms with van der Waals surface area (Å²) in [6.07, 6.45) is -0.951. The van der Waals surface area contributed by atoms with Gasteiger partial charge in [-0.15, -0.1) is 0 Å². The van der Waals surface area contributed by atoms with E-state index in [1.54, 1.807) is 0 Å². The number of aromatic nitrogens is 2. The van der Waals surface area contributed by atoms with Crippen molar-refractivity contribution in [2.45, 2.75) is 63.7 Å². The van der Waals surface area contributed by atoms with E-state index in [1.807, 2.05) is 13.8 Å². The van der Waals surface area contributed by atoms with E-state index < -0.39 is 21.9 Å². The first-order chi connectivity index (χ1) is 10.5. The predicted molar refractivity (Wildman–Crippen MR) is 80.6 cm³/mol. The van der Waals surface area contributed by atoms with Crippen molar-refractivity contribution in [3.63, 3.8) is 0 Å². The molecule has 1 heterocycles. The van der Waals surface area contributed by atoms with Gasteiger partial charge in [0.1, 0.15) is 0 Å². The molecule has 0 radical (unpaired) electrons. The highest BCUT2D eigenvalue weighted by Crippen LogP contribution is 2.35. The van der Waals surface area contributed by atoms with Crippen LogP contribution in [0.1, 0.15) is 62.9 Å². The number of hydrogen-bond acceptors (Lipinski definition) is 3. The zero-order chi connectivity index (χ0) is 17.4. The SMILES string of the molecule is CC(C)c1cc(C(F)(F)F)nn1C1CCC(NS(C)(=O)=O)CC1. The van der Waals surface area contributed by atoms with Crippen molar-refractivity contribution in [1.82, 2.24) is 14.5 Å². The maximum Gasteiger partial charge on any atom is 0.435 e. The number of rotatable bonds is 4. The van der Waals surface area contributed by atoms with Crippen molar-refractivity contribution in [3.8, 4) is 0 Å². The molecule has 2 rings (SSSR count). The van der Waals surface area contributed by atoms with Crippen LogP contribution in [-0.2, 0) is 16.2 Å². The van der Waals surface area contributed by atoms with Crippen LogP contribution in [-0.4, -0.2) is 30.5 Å². The van der Waals surface area contributed by atoms with Crippen LogP contribution >= 0.6 is 0 Å². The third-order valence-electron chi connectivity index (χ3n) is 4.07. The summed E-state index contributed by atoms with van der Waals surface area (Å²) in [5.41, 5.74) is -0.297. The van der Waals surface area contributed by atoms with Gasteiger partial charge in [0, 0.05) is 11.7 Å². The van der Waals surface area contributed by atoms with Crippen LogP contribution < -0.4 is 4.72 Å². The number of hydrogen-bond donors (Lipinski definition) is 1. The molecule has 5 nitrogen and oxygen atoms in total. The molecule has 1 aliphatic carbocycles. The van der Waals surface area contributed by atoms with Crippen molar-refractivity contribution in [3.05, 3.63) is 17.5 Å². The summed E-state index contributed by atoms with van der Waals surface area (Å²) in [5, 5.41) is 3.78. The molecule has 132 valence electrons. The molecule has 0 spiro atoms. The molecular formula is C14H22F3N3O2S. The summed E-state index contributed by atoms with van der Waals surface area (Å²) in [5.74, 6) is -0.0644. The molecule has 23 heavy (non-hydrogen) atoms. The van der Waals surface area contributed by atoms with Crippen LogP contribution in [0.4, 0.5) is 13.2 Å². The van der Waals surface area contributed by atoms with Gasteiger partial charge in [-0.25, -0.2) is 13.1 Å². The lowest BCUT2D eigenvalue weighted by atomic mass is 9.91. The van der Waals surface area contributed by atoms with Crippen LogP contribution in [0.25, 0.3) is 0 Å². The largest absolute Gasteiger partial charge is 0.435 e. The van der Waals surface area contributed by atoms with Gasteiger partial charge in [-0.1, -0.05) is 13.8 Å². The minimum Gasteiger partial charge on any atom is -0.266 e. The molecule has 0 saturated heterocycles. The van der Waals surface area contributed by atoms with Gasteiger partial charge in [0.15, 0.2) is 5.69 Å². The maximum absolute atomic E-state index is 12.9. The first kappa shape index (κ1) is 18.3. The van der Waals surface area contributed by atoms with E-state index in [4.69, 9.17) is 0 Å². The maximum atomic E-state index is 12.9. The van der Waals surface area contributed by atoms with Gasteiger partial charge in [0.25, 0.3) is 0 Å². The second kappa shape index (κ2) is 6.43. The fourth-order valence-electron chi connectivity index (χ4n) is 3.01. The Labute approximate surface area is 134 Å². The van der Waals surface area contributed by atoms with Gasteiger partial charge in [-0.3, -0.25) is 4.68 Å². The van der Waals surface area contributed by atoms with E-state index >= 15 is 0 Å². The lowest BCUT2D eigenvalue weighted by Gasteiger charge is -2.30. The van der Waals surface area contributed by atoms with Gasteiger partial charge in [-0.2, -0.15) is 18.3 Å². The zero-order valence-corrected chi connectivity index (χ0v) is 14.2. The Balaban J connectivity index is 2.15. The second-order valence-corrected chi connectivity index (χ2v) is 8.23. The van der Waals surface area contributed by atoms with E-state index in [9.17, 15) is 21.6 Å². The number of halogens is 3. The predicted octanol–water partition coefficient (Wildman–Crippen LogP) is 3.06. The van der Waals surface area contributed by atoms with E-state index in [0.29, 0.717) is 31.4 Å². The van der Waals surface area contributed by atoms with Crippen LogP contribution in [0, 0.1) is 0 Å². The molecule has 1 aromatic rings. The number of alkyl halides is 3. The average Bonchev–Trinajstić information content (AvgIpc) is 2.82. The van der Waals surface area contributed by atoms with Crippen LogP contribution in [0.3, 0.4) is 0 Å². The minimum absolute atomic E-state index is 0.0644. The molecule has 0 aromatic carbocycles. The highest BCUT2D eigenvalue weighted by Gasteiger charge is 2.36. The molecule has 1 fully saturated rings. The summed E-state index contributed by atoms with van der Waals surface area (Å²) < 4.78 is 65.3. The molecule has 1 aliphatic rings. The Bertz CT molecular complexity index is 645. The molecule has 0 bridgehead atoms. The van der Waals surface area contributed by atoms with Crippen molar-refractivity contribution >= 4 is 10.0 Å². The van der Waals surface area contributed by atoms with Crippen molar-refractivity contribution in [2.24, 2.45) is 0 Å². The quantitative estimate of drug-likeness (QED) is 0.905. The highest BCUT2D eigenvalue weighted by molar-refractivity contribution is 7.88. The van der Waals surface area contributed by atoms with Crippen molar-refractivity contribution < 1.29 is 21.6 Å².